The van der Waals surface area contributed by atoms with Crippen LogP contribution in [0.4, 0.5) is 11.4 Å². The molecule has 1 heterocycles. The van der Waals surface area contributed by atoms with Crippen molar-refractivity contribution in [3.8, 4) is 0 Å². The zero-order valence-corrected chi connectivity index (χ0v) is 40.6. The molecule has 14 nitrogen and oxygen atoms in total. The molecule has 14 heteroatoms. The Morgan fingerprint density at radius 2 is 1.51 bits per heavy atom. The van der Waals surface area contributed by atoms with Crippen LogP contribution in [0.3, 0.4) is 0 Å². The lowest BCUT2D eigenvalue weighted by Gasteiger charge is -2.41. The van der Waals surface area contributed by atoms with Crippen molar-refractivity contribution in [1.82, 2.24) is 25.3 Å². The molecule has 3 rings (SSSR count). The van der Waals surface area contributed by atoms with Gasteiger partial charge in [-0.2, -0.15) is 0 Å². The quantitative estimate of drug-likeness (QED) is 0.103. The molecule has 8 unspecified atom stereocenters. The third kappa shape index (κ3) is 14.0. The maximum absolute atomic E-state index is 14.5. The second-order valence-electron chi connectivity index (χ2n) is 18.6. The minimum Gasteiger partial charge on any atom is -0.399 e. The number of nitrogens with zero attached hydrogens (tertiary/aromatic N) is 3. The van der Waals surface area contributed by atoms with E-state index in [0.29, 0.717) is 30.8 Å². The highest BCUT2D eigenvalue weighted by molar-refractivity contribution is 5.98. The van der Waals surface area contributed by atoms with Crippen molar-refractivity contribution < 1.29 is 33.4 Å². The number of hydrogen-bond acceptors (Lipinski definition) is 9. The SMILES string of the molecule is CCC(C)C(C(CC(=O)N1CCCC1C(OC)C(C)C(=O)NC(Cc1ccccc1)C(=O)Nc1ccc(N)c(C)c1)OC)N(C)C(=O)[C@@H](NC(=O)C(C(C)C)N(C)C(C)C)C(C)C. The van der Waals surface area contributed by atoms with Crippen molar-refractivity contribution in [3.05, 3.63) is 59.7 Å². The van der Waals surface area contributed by atoms with Crippen LogP contribution in [-0.4, -0.2) is 128 Å². The van der Waals surface area contributed by atoms with Gasteiger partial charge in [0.05, 0.1) is 42.7 Å². The fraction of sp³-hybridized carbons (Fsp3) is 0.653. The van der Waals surface area contributed by atoms with Gasteiger partial charge in [-0.25, -0.2) is 0 Å². The average molecular weight is 878 g/mol. The van der Waals surface area contributed by atoms with Gasteiger partial charge >= 0.3 is 0 Å². The first-order valence-electron chi connectivity index (χ1n) is 22.8. The van der Waals surface area contributed by atoms with Crippen molar-refractivity contribution in [2.24, 2.45) is 23.7 Å². The number of carbonyl (C=O) groups excluding carboxylic acids is 5. The van der Waals surface area contributed by atoms with E-state index in [9.17, 15) is 24.0 Å². The molecule has 1 aliphatic rings. The molecule has 1 aliphatic heterocycles. The molecular weight excluding hydrogens is 799 g/mol. The first-order valence-corrected chi connectivity index (χ1v) is 22.8. The van der Waals surface area contributed by atoms with E-state index in [1.54, 1.807) is 56.2 Å². The van der Waals surface area contributed by atoms with Crippen LogP contribution >= 0.6 is 0 Å². The summed E-state index contributed by atoms with van der Waals surface area (Å²) >= 11 is 0. The summed E-state index contributed by atoms with van der Waals surface area (Å²) in [5.41, 5.74) is 8.89. The van der Waals surface area contributed by atoms with E-state index in [1.165, 1.54) is 0 Å². The molecule has 63 heavy (non-hydrogen) atoms. The average Bonchev–Trinajstić information content (AvgIpc) is 3.73. The van der Waals surface area contributed by atoms with Gasteiger partial charge in [-0.3, -0.25) is 28.9 Å². The van der Waals surface area contributed by atoms with Crippen LogP contribution in [0.2, 0.25) is 0 Å². The standard InChI is InChI=1S/C49H79N7O7/c1-15-32(8)44(55(12)49(61)42(29(2)3)53-48(60)43(30(4)5)54(11)31(6)7)40(62-13)28-41(57)56-25-19-22-39(56)45(63-14)34(10)46(58)52-38(27-35-20-17-16-18-21-35)47(59)51-36-23-24-37(50)33(9)26-36/h16-18,20-21,23-24,26,29-32,34,38-40,42-45H,15,19,22,25,27-28,50H2,1-14H3,(H,51,59)(H,52,58)(H,53,60)/t32?,34?,38?,39?,40?,42-,43?,44?,45?/m0/s1. The topological polar surface area (TPSA) is 176 Å². The number of nitrogens with two attached hydrogens (primary N) is 1. The number of likely N-dealkylation sites (N-methyl/N-ethyl adjacent to an activating group) is 2. The minimum atomic E-state index is -0.902. The Labute approximate surface area is 377 Å². The molecule has 0 bridgehead atoms. The van der Waals surface area contributed by atoms with Crippen LogP contribution in [-0.2, 0) is 39.9 Å². The van der Waals surface area contributed by atoms with E-state index >= 15 is 0 Å². The number of amides is 5. The Morgan fingerprint density at radius 3 is 2.05 bits per heavy atom. The number of likely N-dealkylation sites (tertiary alicyclic amines) is 1. The van der Waals surface area contributed by atoms with E-state index in [4.69, 9.17) is 15.2 Å². The molecule has 2 aromatic rings. The normalized spacial score (nSPS) is 18.1. The highest BCUT2D eigenvalue weighted by Gasteiger charge is 2.43. The molecule has 0 spiro atoms. The van der Waals surface area contributed by atoms with Gasteiger partial charge in [0, 0.05) is 51.6 Å². The number of nitrogen functional groups attached to an aromatic ring is 1. The summed E-state index contributed by atoms with van der Waals surface area (Å²) in [6, 6.07) is 11.8. The van der Waals surface area contributed by atoms with Crippen molar-refractivity contribution in [1.29, 1.82) is 0 Å². The van der Waals surface area contributed by atoms with Crippen LogP contribution in [0.25, 0.3) is 0 Å². The number of hydrogen-bond donors (Lipinski definition) is 4. The highest BCUT2D eigenvalue weighted by Crippen LogP contribution is 2.30. The van der Waals surface area contributed by atoms with Crippen molar-refractivity contribution >= 4 is 40.9 Å². The first-order chi connectivity index (χ1) is 29.7. The fourth-order valence-corrected chi connectivity index (χ4v) is 8.90. The Hall–Kier alpha value is -4.53. The summed E-state index contributed by atoms with van der Waals surface area (Å²) in [5, 5.41) is 9.03. The molecule has 1 saturated heterocycles. The van der Waals surface area contributed by atoms with Gasteiger partial charge < -0.3 is 41.0 Å². The summed E-state index contributed by atoms with van der Waals surface area (Å²) in [7, 11) is 6.76. The van der Waals surface area contributed by atoms with E-state index in [0.717, 1.165) is 17.5 Å². The van der Waals surface area contributed by atoms with Gasteiger partial charge in [-0.1, -0.05) is 85.2 Å². The molecule has 5 amide bonds. The monoisotopic (exact) mass is 878 g/mol. The fourth-order valence-electron chi connectivity index (χ4n) is 8.90. The molecule has 0 aliphatic carbocycles. The third-order valence-electron chi connectivity index (χ3n) is 13.1. The van der Waals surface area contributed by atoms with Gasteiger partial charge in [0.25, 0.3) is 0 Å². The molecule has 0 aromatic heterocycles. The number of methoxy groups -OCH3 is 2. The van der Waals surface area contributed by atoms with Crippen LogP contribution in [0.5, 0.6) is 0 Å². The molecule has 2 aromatic carbocycles. The van der Waals surface area contributed by atoms with E-state index in [-0.39, 0.29) is 66.2 Å². The lowest BCUT2D eigenvalue weighted by atomic mass is 9.89. The summed E-state index contributed by atoms with van der Waals surface area (Å²) in [6.07, 6.45) is 0.976. The van der Waals surface area contributed by atoms with E-state index < -0.39 is 48.3 Å². The highest BCUT2D eigenvalue weighted by atomic mass is 16.5. The summed E-state index contributed by atoms with van der Waals surface area (Å²) < 4.78 is 12.1. The number of benzene rings is 2. The first kappa shape index (κ1) is 52.8. The summed E-state index contributed by atoms with van der Waals surface area (Å²) in [5.74, 6) is -2.31. The third-order valence-corrected chi connectivity index (χ3v) is 13.1. The zero-order chi connectivity index (χ0) is 47.3. The van der Waals surface area contributed by atoms with Crippen LogP contribution in [0.1, 0.15) is 99.1 Å². The predicted octanol–water partition coefficient (Wildman–Crippen LogP) is 5.67. The number of ether oxygens (including phenoxy) is 2. The number of rotatable bonds is 23. The number of anilines is 2. The molecule has 0 radical (unpaired) electrons. The Balaban J connectivity index is 1.82. The maximum atomic E-state index is 14.5. The smallest absolute Gasteiger partial charge is 0.247 e. The van der Waals surface area contributed by atoms with Crippen molar-refractivity contribution in [2.75, 3.05) is 45.9 Å². The number of nitrogens with one attached hydrogen (secondary N) is 3. The molecule has 0 saturated carbocycles. The Bertz CT molecular complexity index is 1810. The van der Waals surface area contributed by atoms with Crippen LogP contribution < -0.4 is 21.7 Å². The number of carbonyl (C=O) groups is 5. The van der Waals surface area contributed by atoms with Crippen molar-refractivity contribution in [3.63, 3.8) is 0 Å². The van der Waals surface area contributed by atoms with Gasteiger partial charge in [0.1, 0.15) is 12.1 Å². The predicted molar refractivity (Wildman–Crippen MR) is 251 cm³/mol. The molecule has 9 atom stereocenters. The van der Waals surface area contributed by atoms with E-state index in [2.05, 4.69) is 16.0 Å². The second-order valence-corrected chi connectivity index (χ2v) is 18.6. The van der Waals surface area contributed by atoms with Gasteiger partial charge in [0.15, 0.2) is 0 Å². The summed E-state index contributed by atoms with van der Waals surface area (Å²) in [4.78, 5) is 76.1. The lowest BCUT2D eigenvalue weighted by Crippen LogP contribution is -2.60. The second kappa shape index (κ2) is 24.5. The van der Waals surface area contributed by atoms with Gasteiger partial charge in [-0.15, -0.1) is 0 Å². The lowest BCUT2D eigenvalue weighted by molar-refractivity contribution is -0.148. The minimum absolute atomic E-state index is 0.00607. The summed E-state index contributed by atoms with van der Waals surface area (Å²) in [6.45, 7) is 20.1. The molecular formula is C49H79N7O7. The van der Waals surface area contributed by atoms with Crippen molar-refractivity contribution in [2.45, 2.75) is 150 Å². The van der Waals surface area contributed by atoms with Gasteiger partial charge in [-0.05, 0) is 87.7 Å². The molecule has 352 valence electrons. The van der Waals surface area contributed by atoms with Crippen LogP contribution in [0, 0.1) is 30.6 Å². The Morgan fingerprint density at radius 1 is 0.857 bits per heavy atom. The van der Waals surface area contributed by atoms with Crippen LogP contribution in [0.15, 0.2) is 48.5 Å². The largest absolute Gasteiger partial charge is 0.399 e. The maximum Gasteiger partial charge on any atom is 0.247 e. The number of aryl methyl sites for hydroxylation is 1. The van der Waals surface area contributed by atoms with Gasteiger partial charge in [0.2, 0.25) is 29.5 Å². The van der Waals surface area contributed by atoms with E-state index in [1.807, 2.05) is 105 Å². The Kier molecular flexibility index (Phi) is 20.5. The zero-order valence-electron chi connectivity index (χ0n) is 40.6. The molecule has 1 fully saturated rings. The molecule has 5 N–H and O–H groups in total.